The van der Waals surface area contributed by atoms with Crippen LogP contribution >= 0.6 is 0 Å². The van der Waals surface area contributed by atoms with Crippen LogP contribution in [0, 0.1) is 0 Å². The Morgan fingerprint density at radius 2 is 2.29 bits per heavy atom. The van der Waals surface area contributed by atoms with Gasteiger partial charge in [0.2, 0.25) is 15.9 Å². The van der Waals surface area contributed by atoms with Gasteiger partial charge in [0.05, 0.1) is 5.75 Å². The van der Waals surface area contributed by atoms with Gasteiger partial charge in [-0.15, -0.1) is 0 Å². The fraction of sp³-hybridized carbons (Fsp3) is 0.692. The van der Waals surface area contributed by atoms with Crippen LogP contribution in [0.25, 0.3) is 0 Å². The van der Waals surface area contributed by atoms with Crippen LogP contribution in [0.1, 0.15) is 38.8 Å². The summed E-state index contributed by atoms with van der Waals surface area (Å²) in [6.45, 7) is 4.22. The minimum Gasteiger partial charge on any atom is -0.308 e. The molecule has 1 atom stereocenters. The molecule has 0 aliphatic carbocycles. The van der Waals surface area contributed by atoms with Crippen LogP contribution in [0.2, 0.25) is 0 Å². The summed E-state index contributed by atoms with van der Waals surface area (Å²) < 4.78 is 25.7. The van der Waals surface area contributed by atoms with Gasteiger partial charge in [0.25, 0.3) is 0 Å². The van der Waals surface area contributed by atoms with Crippen LogP contribution in [0.5, 0.6) is 0 Å². The van der Waals surface area contributed by atoms with Crippen LogP contribution in [-0.4, -0.2) is 47.2 Å². The zero-order valence-electron chi connectivity index (χ0n) is 12.4. The Morgan fingerprint density at radius 1 is 1.52 bits per heavy atom. The number of amides is 1. The lowest BCUT2D eigenvalue weighted by Gasteiger charge is -2.22. The van der Waals surface area contributed by atoms with Crippen molar-refractivity contribution in [3.05, 3.63) is 11.8 Å². The number of nitrogens with zero attached hydrogens (tertiary/aromatic N) is 2. The van der Waals surface area contributed by atoms with E-state index in [1.807, 2.05) is 13.8 Å². The molecule has 1 unspecified atom stereocenters. The molecule has 0 radical (unpaired) electrons. The monoisotopic (exact) mass is 314 g/mol. The van der Waals surface area contributed by atoms with Gasteiger partial charge in [0.1, 0.15) is 6.04 Å². The summed E-state index contributed by atoms with van der Waals surface area (Å²) in [5, 5.41) is 9.51. The lowest BCUT2D eigenvalue weighted by molar-refractivity contribution is -0.119. The molecule has 1 aromatic rings. The summed E-state index contributed by atoms with van der Waals surface area (Å²) in [5.41, 5.74) is 0.923. The maximum absolute atomic E-state index is 12.3. The summed E-state index contributed by atoms with van der Waals surface area (Å²) in [7, 11) is -3.35. The topological polar surface area (TPSA) is 95.2 Å². The number of H-pyrrole nitrogens is 1. The number of carbonyl (C=O) groups is 1. The number of nitrogens with one attached hydrogen (secondary N) is 2. The molecule has 2 heterocycles. The second kappa shape index (κ2) is 6.57. The zero-order valence-corrected chi connectivity index (χ0v) is 13.2. The number of aromatic amines is 1. The van der Waals surface area contributed by atoms with Gasteiger partial charge in [0.15, 0.2) is 5.82 Å². The molecule has 8 heteroatoms. The molecule has 1 aliphatic rings. The van der Waals surface area contributed by atoms with Crippen LogP contribution in [0.4, 0.5) is 5.82 Å². The lowest BCUT2D eigenvalue weighted by Crippen LogP contribution is -2.44. The van der Waals surface area contributed by atoms with E-state index in [4.69, 9.17) is 0 Å². The second-order valence-electron chi connectivity index (χ2n) is 5.21. The van der Waals surface area contributed by atoms with E-state index < -0.39 is 16.1 Å². The number of anilines is 1. The normalized spacial score (nSPS) is 19.8. The molecule has 1 amide bonds. The van der Waals surface area contributed by atoms with Crippen LogP contribution in [0.3, 0.4) is 0 Å². The first-order valence-corrected chi connectivity index (χ1v) is 8.93. The first-order valence-electron chi connectivity index (χ1n) is 7.32. The van der Waals surface area contributed by atoms with Gasteiger partial charge in [0, 0.05) is 18.3 Å². The second-order valence-corrected chi connectivity index (χ2v) is 7.25. The number of rotatable bonds is 6. The van der Waals surface area contributed by atoms with E-state index in [0.717, 1.165) is 12.1 Å². The zero-order chi connectivity index (χ0) is 15.5. The molecule has 1 aliphatic heterocycles. The van der Waals surface area contributed by atoms with E-state index >= 15 is 0 Å². The number of carbonyl (C=O) groups excluding carboxylic acids is 1. The van der Waals surface area contributed by atoms with Gasteiger partial charge in [-0.1, -0.05) is 13.8 Å². The average Bonchev–Trinajstić information content (AvgIpc) is 3.07. The minimum absolute atomic E-state index is 0.0825. The highest BCUT2D eigenvalue weighted by atomic mass is 32.2. The highest BCUT2D eigenvalue weighted by Crippen LogP contribution is 2.23. The van der Waals surface area contributed by atoms with Gasteiger partial charge < -0.3 is 5.32 Å². The van der Waals surface area contributed by atoms with Crippen molar-refractivity contribution >= 4 is 21.7 Å². The Balaban J connectivity index is 2.07. The van der Waals surface area contributed by atoms with Gasteiger partial charge in [-0.3, -0.25) is 9.89 Å². The van der Waals surface area contributed by atoms with Crippen molar-refractivity contribution in [1.82, 2.24) is 14.5 Å². The molecule has 2 rings (SSSR count). The third-order valence-electron chi connectivity index (χ3n) is 3.59. The standard InChI is InChI=1S/C13H22N4O3S/c1-3-8-21(19,20)17-7-5-6-11(17)13(18)14-12-9-10(4-2)15-16-12/h9,11H,3-8H2,1-2H3,(H2,14,15,16,18). The fourth-order valence-corrected chi connectivity index (χ4v) is 4.27. The van der Waals surface area contributed by atoms with Crippen molar-refractivity contribution < 1.29 is 13.2 Å². The quantitative estimate of drug-likeness (QED) is 0.822. The van der Waals surface area contributed by atoms with E-state index in [2.05, 4.69) is 15.5 Å². The van der Waals surface area contributed by atoms with E-state index in [1.165, 1.54) is 4.31 Å². The molecule has 0 saturated carbocycles. The number of sulfonamides is 1. The molecule has 2 N–H and O–H groups in total. The SMILES string of the molecule is CCCS(=O)(=O)N1CCCC1C(=O)Nc1cc(CC)[nH]n1. The van der Waals surface area contributed by atoms with E-state index in [-0.39, 0.29) is 11.7 Å². The molecule has 1 aromatic heterocycles. The Labute approximate surface area is 125 Å². The van der Waals surface area contributed by atoms with Gasteiger partial charge in [-0.25, -0.2) is 8.42 Å². The largest absolute Gasteiger partial charge is 0.308 e. The van der Waals surface area contributed by atoms with Crippen molar-refractivity contribution in [3.8, 4) is 0 Å². The molecule has 118 valence electrons. The van der Waals surface area contributed by atoms with Gasteiger partial charge in [-0.05, 0) is 25.7 Å². The number of hydrogen-bond donors (Lipinski definition) is 2. The molecule has 1 fully saturated rings. The molecule has 1 saturated heterocycles. The van der Waals surface area contributed by atoms with E-state index in [1.54, 1.807) is 6.07 Å². The van der Waals surface area contributed by atoms with Crippen molar-refractivity contribution in [2.45, 2.75) is 45.6 Å². The summed E-state index contributed by atoms with van der Waals surface area (Å²) >= 11 is 0. The highest BCUT2D eigenvalue weighted by molar-refractivity contribution is 7.89. The summed E-state index contributed by atoms with van der Waals surface area (Å²) in [6.07, 6.45) is 2.61. The minimum atomic E-state index is -3.35. The molecule has 21 heavy (non-hydrogen) atoms. The molecule has 0 bridgehead atoms. The summed E-state index contributed by atoms with van der Waals surface area (Å²) in [6, 6.07) is 1.14. The molecule has 7 nitrogen and oxygen atoms in total. The number of aromatic nitrogens is 2. The average molecular weight is 314 g/mol. The third kappa shape index (κ3) is 3.62. The molecular formula is C13H22N4O3S. The van der Waals surface area contributed by atoms with Crippen molar-refractivity contribution in [2.75, 3.05) is 17.6 Å². The Kier molecular flexibility index (Phi) is 5.00. The van der Waals surface area contributed by atoms with Gasteiger partial charge >= 0.3 is 0 Å². The molecule has 0 spiro atoms. The summed E-state index contributed by atoms with van der Waals surface area (Å²) in [5.74, 6) is 0.219. The Bertz CT molecular complexity index is 596. The van der Waals surface area contributed by atoms with E-state index in [0.29, 0.717) is 31.6 Å². The Hall–Kier alpha value is -1.41. The predicted molar refractivity (Wildman–Crippen MR) is 80.4 cm³/mol. The predicted octanol–water partition coefficient (Wildman–Crippen LogP) is 1.11. The smallest absolute Gasteiger partial charge is 0.244 e. The van der Waals surface area contributed by atoms with E-state index in [9.17, 15) is 13.2 Å². The third-order valence-corrected chi connectivity index (χ3v) is 5.66. The molecular weight excluding hydrogens is 292 g/mol. The van der Waals surface area contributed by atoms with Gasteiger partial charge in [-0.2, -0.15) is 9.40 Å². The number of hydrogen-bond acceptors (Lipinski definition) is 4. The van der Waals surface area contributed by atoms with Crippen molar-refractivity contribution in [2.24, 2.45) is 0 Å². The fourth-order valence-electron chi connectivity index (χ4n) is 2.53. The maximum Gasteiger partial charge on any atom is 0.244 e. The Morgan fingerprint density at radius 3 is 2.90 bits per heavy atom. The van der Waals surface area contributed by atoms with Crippen LogP contribution < -0.4 is 5.32 Å². The van der Waals surface area contributed by atoms with Crippen LogP contribution in [-0.2, 0) is 21.2 Å². The van der Waals surface area contributed by atoms with Crippen molar-refractivity contribution in [1.29, 1.82) is 0 Å². The first kappa shape index (κ1) is 16.0. The van der Waals surface area contributed by atoms with Crippen molar-refractivity contribution in [3.63, 3.8) is 0 Å². The lowest BCUT2D eigenvalue weighted by atomic mass is 10.2. The maximum atomic E-state index is 12.3. The van der Waals surface area contributed by atoms with Crippen LogP contribution in [0.15, 0.2) is 6.07 Å². The highest BCUT2D eigenvalue weighted by Gasteiger charge is 2.38. The number of aryl methyl sites for hydroxylation is 1. The first-order chi connectivity index (χ1) is 9.97. The summed E-state index contributed by atoms with van der Waals surface area (Å²) in [4.78, 5) is 12.3. The molecule has 0 aromatic carbocycles.